The molecule has 0 radical (unpaired) electrons. The number of hydrogen-bond acceptors (Lipinski definition) is 1. The van der Waals surface area contributed by atoms with Crippen LogP contribution in [0.3, 0.4) is 0 Å². The van der Waals surface area contributed by atoms with Gasteiger partial charge in [-0.3, -0.25) is 0 Å². The number of methoxy groups -OCH3 is 1. The van der Waals surface area contributed by atoms with Crippen LogP contribution in [0.5, 0.6) is 5.75 Å². The van der Waals surface area contributed by atoms with Gasteiger partial charge in [0.05, 0.1) is 16.4 Å². The predicted molar refractivity (Wildman–Crippen MR) is 92.7 cm³/mol. The number of aryl methyl sites for hydroxylation is 1. The van der Waals surface area contributed by atoms with Gasteiger partial charge in [-0.15, -0.1) is 0 Å². The van der Waals surface area contributed by atoms with Gasteiger partial charge in [0.2, 0.25) is 0 Å². The molecule has 0 aliphatic rings. The Morgan fingerprint density at radius 3 is 2.40 bits per heavy atom. The molecule has 0 heterocycles. The smallest absolute Gasteiger partial charge is 0.137 e. The fourth-order valence-electron chi connectivity index (χ4n) is 1.99. The highest BCUT2D eigenvalue weighted by Gasteiger charge is 2.20. The summed E-state index contributed by atoms with van der Waals surface area (Å²) in [6, 6.07) is 9.66. The van der Waals surface area contributed by atoms with E-state index in [2.05, 4.69) is 31.9 Å². The minimum Gasteiger partial charge on any atom is -0.495 e. The van der Waals surface area contributed by atoms with Crippen molar-refractivity contribution in [3.8, 4) is 5.75 Å². The number of halogens is 4. The van der Waals surface area contributed by atoms with Crippen LogP contribution in [-0.2, 0) is 0 Å². The van der Waals surface area contributed by atoms with Crippen molar-refractivity contribution in [2.75, 3.05) is 7.11 Å². The van der Waals surface area contributed by atoms with Crippen molar-refractivity contribution < 1.29 is 4.74 Å². The number of ether oxygens (including phenoxy) is 1. The molecule has 2 rings (SSSR count). The summed E-state index contributed by atoms with van der Waals surface area (Å²) in [7, 11) is 1.63. The van der Waals surface area contributed by atoms with E-state index in [9.17, 15) is 0 Å². The lowest BCUT2D eigenvalue weighted by molar-refractivity contribution is 0.408. The van der Waals surface area contributed by atoms with Crippen LogP contribution in [0.2, 0.25) is 10.0 Å². The molecule has 1 nitrogen and oxygen atoms in total. The molecular formula is C15H12Br2Cl2O. The Morgan fingerprint density at radius 1 is 1.10 bits per heavy atom. The third-order valence-electron chi connectivity index (χ3n) is 2.94. The molecule has 5 heteroatoms. The molecule has 1 unspecified atom stereocenters. The maximum atomic E-state index is 6.33. The molecule has 0 saturated heterocycles. The van der Waals surface area contributed by atoms with E-state index in [1.165, 1.54) is 0 Å². The molecule has 0 aliphatic heterocycles. The number of alkyl halides is 1. The van der Waals surface area contributed by atoms with E-state index >= 15 is 0 Å². The highest BCUT2D eigenvalue weighted by Crippen LogP contribution is 2.43. The summed E-state index contributed by atoms with van der Waals surface area (Å²) in [5.41, 5.74) is 3.03. The molecule has 0 spiro atoms. The van der Waals surface area contributed by atoms with Gasteiger partial charge in [-0.2, -0.15) is 0 Å². The minimum atomic E-state index is -0.0967. The van der Waals surface area contributed by atoms with E-state index in [1.807, 2.05) is 31.2 Å². The van der Waals surface area contributed by atoms with E-state index in [4.69, 9.17) is 27.9 Å². The molecule has 0 aliphatic carbocycles. The first-order valence-electron chi connectivity index (χ1n) is 5.87. The van der Waals surface area contributed by atoms with Crippen LogP contribution >= 0.6 is 55.1 Å². The topological polar surface area (TPSA) is 9.23 Å². The maximum Gasteiger partial charge on any atom is 0.137 e. The monoisotopic (exact) mass is 436 g/mol. The van der Waals surface area contributed by atoms with Crippen LogP contribution in [-0.4, -0.2) is 7.11 Å². The van der Waals surface area contributed by atoms with Gasteiger partial charge in [-0.1, -0.05) is 51.3 Å². The lowest BCUT2D eigenvalue weighted by atomic mass is 10.0. The van der Waals surface area contributed by atoms with Crippen molar-refractivity contribution in [1.29, 1.82) is 0 Å². The van der Waals surface area contributed by atoms with Crippen LogP contribution < -0.4 is 4.74 Å². The average Bonchev–Trinajstić information content (AvgIpc) is 2.37. The van der Waals surface area contributed by atoms with Gasteiger partial charge in [-0.25, -0.2) is 0 Å². The maximum absolute atomic E-state index is 6.33. The Morgan fingerprint density at radius 2 is 1.80 bits per heavy atom. The van der Waals surface area contributed by atoms with Crippen LogP contribution in [0.4, 0.5) is 0 Å². The Bertz CT molecular complexity index is 644. The largest absolute Gasteiger partial charge is 0.495 e. The van der Waals surface area contributed by atoms with E-state index in [1.54, 1.807) is 13.2 Å². The fraction of sp³-hybridized carbons (Fsp3) is 0.200. The molecule has 2 aromatic rings. The molecule has 0 aromatic heterocycles. The summed E-state index contributed by atoms with van der Waals surface area (Å²) in [4.78, 5) is -0.0967. The second-order valence-corrected chi connectivity index (χ2v) is 7.01. The van der Waals surface area contributed by atoms with E-state index in [0.717, 1.165) is 26.9 Å². The van der Waals surface area contributed by atoms with Gasteiger partial charge >= 0.3 is 0 Å². The lowest BCUT2D eigenvalue weighted by Crippen LogP contribution is -1.99. The first kappa shape index (κ1) is 16.2. The molecule has 106 valence electrons. The molecular weight excluding hydrogens is 427 g/mol. The molecule has 0 amide bonds. The Kier molecular flexibility index (Phi) is 5.41. The minimum absolute atomic E-state index is 0.0967. The molecule has 20 heavy (non-hydrogen) atoms. The van der Waals surface area contributed by atoms with Gasteiger partial charge in [0.25, 0.3) is 0 Å². The van der Waals surface area contributed by atoms with Crippen molar-refractivity contribution >= 4 is 55.1 Å². The molecule has 0 N–H and O–H groups in total. The molecule has 1 atom stereocenters. The van der Waals surface area contributed by atoms with Gasteiger partial charge in [0.1, 0.15) is 5.75 Å². The van der Waals surface area contributed by atoms with Gasteiger partial charge < -0.3 is 4.74 Å². The summed E-state index contributed by atoms with van der Waals surface area (Å²) in [6.45, 7) is 2.01. The van der Waals surface area contributed by atoms with Gasteiger partial charge in [-0.05, 0) is 52.2 Å². The van der Waals surface area contributed by atoms with Crippen LogP contribution in [0.15, 0.2) is 34.8 Å². The summed E-state index contributed by atoms with van der Waals surface area (Å²) in [5, 5.41) is 1.35. The van der Waals surface area contributed by atoms with E-state index in [-0.39, 0.29) is 4.83 Å². The lowest BCUT2D eigenvalue weighted by Gasteiger charge is -2.18. The SMILES string of the molecule is COc1c(Br)cc(Cl)cc1C(Br)c1ccc(C)cc1Cl. The van der Waals surface area contributed by atoms with E-state index < -0.39 is 0 Å². The van der Waals surface area contributed by atoms with Crippen molar-refractivity contribution in [1.82, 2.24) is 0 Å². The second kappa shape index (κ2) is 6.69. The van der Waals surface area contributed by atoms with Crippen molar-refractivity contribution in [3.05, 3.63) is 61.5 Å². The summed E-state index contributed by atoms with van der Waals surface area (Å²) in [5.74, 6) is 0.743. The highest BCUT2D eigenvalue weighted by atomic mass is 79.9. The molecule has 0 fully saturated rings. The van der Waals surface area contributed by atoms with Crippen LogP contribution in [0.25, 0.3) is 0 Å². The first-order valence-corrected chi connectivity index (χ1v) is 8.33. The average molecular weight is 439 g/mol. The molecule has 2 aromatic carbocycles. The second-order valence-electron chi connectivity index (χ2n) is 4.40. The third-order valence-corrected chi connectivity index (χ3v) is 5.06. The molecule has 0 saturated carbocycles. The zero-order valence-electron chi connectivity index (χ0n) is 10.9. The number of benzene rings is 2. The van der Waals surface area contributed by atoms with Crippen molar-refractivity contribution in [2.24, 2.45) is 0 Å². The standard InChI is InChI=1S/C15H12Br2Cl2O/c1-8-3-4-10(13(19)5-8)14(17)11-6-9(18)7-12(16)15(11)20-2/h3-7,14H,1-2H3. The first-order chi connectivity index (χ1) is 9.43. The van der Waals surface area contributed by atoms with Crippen molar-refractivity contribution in [2.45, 2.75) is 11.8 Å². The van der Waals surface area contributed by atoms with Gasteiger partial charge in [0.15, 0.2) is 0 Å². The van der Waals surface area contributed by atoms with Crippen LogP contribution in [0, 0.1) is 6.92 Å². The Hall–Kier alpha value is -0.220. The highest BCUT2D eigenvalue weighted by molar-refractivity contribution is 9.10. The normalized spacial score (nSPS) is 12.3. The van der Waals surface area contributed by atoms with Crippen molar-refractivity contribution in [3.63, 3.8) is 0 Å². The summed E-state index contributed by atoms with van der Waals surface area (Å²) in [6.07, 6.45) is 0. The summed E-state index contributed by atoms with van der Waals surface area (Å²) >= 11 is 19.6. The number of rotatable bonds is 3. The third kappa shape index (κ3) is 3.33. The number of hydrogen-bond donors (Lipinski definition) is 0. The zero-order valence-corrected chi connectivity index (χ0v) is 15.6. The van der Waals surface area contributed by atoms with Gasteiger partial charge in [0, 0.05) is 15.6 Å². The molecule has 0 bridgehead atoms. The Balaban J connectivity index is 2.55. The quantitative estimate of drug-likeness (QED) is 0.493. The predicted octanol–water partition coefficient (Wildman–Crippen LogP) is 6.56. The van der Waals surface area contributed by atoms with E-state index in [0.29, 0.717) is 10.0 Å². The Labute approximate surface area is 145 Å². The summed E-state index contributed by atoms with van der Waals surface area (Å²) < 4.78 is 6.27. The fourth-order valence-corrected chi connectivity index (χ4v) is 4.20. The zero-order chi connectivity index (χ0) is 14.9. The van der Waals surface area contributed by atoms with Crippen LogP contribution in [0.1, 0.15) is 21.5 Å².